The van der Waals surface area contributed by atoms with E-state index in [0.29, 0.717) is 17.2 Å². The second kappa shape index (κ2) is 7.94. The Hall–Kier alpha value is -1.64. The third-order valence-corrected chi connectivity index (χ3v) is 2.11. The first kappa shape index (κ1) is 26.6. The molecule has 0 saturated heterocycles. The molecule has 2 heterocycles. The molecule has 0 bridgehead atoms. The molecular weight excluding hydrogens is 404 g/mol. The molecule has 0 amide bonds. The van der Waals surface area contributed by atoms with Gasteiger partial charge in [-0.1, -0.05) is 7.43 Å². The molecule has 0 aliphatic rings. The summed E-state index contributed by atoms with van der Waals surface area (Å²) >= 11 is 0. The molecule has 0 saturated carbocycles. The SMILES string of the molecule is C.CN(C)C(On1nnc2cccnc21)=[N+](C)C.F[P-](F)(F)(F)(F)F.[Al]. The summed E-state index contributed by atoms with van der Waals surface area (Å²) in [6, 6.07) is 4.28. The van der Waals surface area contributed by atoms with Gasteiger partial charge in [0.25, 0.3) is 0 Å². The van der Waals surface area contributed by atoms with Crippen LogP contribution in [0.25, 0.3) is 11.2 Å². The maximum Gasteiger partial charge on any atom is 0 e. The van der Waals surface area contributed by atoms with Gasteiger partial charge in [0.15, 0.2) is 0 Å². The monoisotopic (exact) mass is 423 g/mol. The van der Waals surface area contributed by atoms with E-state index in [4.69, 9.17) is 4.84 Å². The Labute approximate surface area is 156 Å². The van der Waals surface area contributed by atoms with E-state index in [1.807, 2.05) is 49.8 Å². The van der Waals surface area contributed by atoms with Crippen molar-refractivity contribution in [3.05, 3.63) is 18.3 Å². The Kier molecular flexibility index (Phi) is 8.12. The van der Waals surface area contributed by atoms with E-state index in [1.165, 1.54) is 4.85 Å². The largest absolute Gasteiger partial charge is 0 e. The topological polar surface area (TPSA) is 59.1 Å². The molecule has 2 rings (SSSR count). The van der Waals surface area contributed by atoms with E-state index in [9.17, 15) is 25.2 Å². The van der Waals surface area contributed by atoms with Gasteiger partial charge in [0.1, 0.15) is 5.52 Å². The van der Waals surface area contributed by atoms with Crippen LogP contribution in [0.5, 0.6) is 0 Å². The van der Waals surface area contributed by atoms with E-state index in [1.54, 1.807) is 6.20 Å². The number of halogens is 6. The molecule has 0 N–H and O–H groups in total. The van der Waals surface area contributed by atoms with Crippen LogP contribution in [-0.4, -0.2) is 81.2 Å². The zero-order valence-electron chi connectivity index (χ0n) is 13.6. The van der Waals surface area contributed by atoms with Crippen molar-refractivity contribution in [2.75, 3.05) is 28.2 Å². The molecule has 0 aliphatic carbocycles. The van der Waals surface area contributed by atoms with Crippen LogP contribution in [0.2, 0.25) is 0 Å². The summed E-state index contributed by atoms with van der Waals surface area (Å²) in [4.78, 5) is 13.0. The predicted octanol–water partition coefficient (Wildman–Crippen LogP) is 3.08. The van der Waals surface area contributed by atoms with Gasteiger partial charge >= 0.3 is 39.0 Å². The van der Waals surface area contributed by atoms with E-state index < -0.39 is 7.81 Å². The zero-order chi connectivity index (χ0) is 18.8. The van der Waals surface area contributed by atoms with Crippen molar-refractivity contribution >= 4 is 42.4 Å². The number of amidine groups is 1. The Morgan fingerprint density at radius 3 is 2.08 bits per heavy atom. The fourth-order valence-electron chi connectivity index (χ4n) is 1.45. The zero-order valence-corrected chi connectivity index (χ0v) is 15.7. The van der Waals surface area contributed by atoms with Gasteiger partial charge in [-0.3, -0.25) is 4.84 Å². The third kappa shape index (κ3) is 11.1. The smallest absolute Gasteiger partial charge is 0 e. The number of rotatable bonds is 1. The van der Waals surface area contributed by atoms with Gasteiger partial charge in [-0.15, -0.1) is 5.10 Å². The van der Waals surface area contributed by atoms with Gasteiger partial charge in [0.2, 0.25) is 5.65 Å². The van der Waals surface area contributed by atoms with E-state index in [2.05, 4.69) is 15.3 Å². The molecule has 3 radical (unpaired) electrons. The standard InChI is InChI=1S/C10H15N6O.CH4.Al.F6P/c1-14(2)10(15(3)4)17-16-9-8(12-13-16)6-5-7-11-9;;;1-7(2,3,4,5)6/h5-7H,1-4H3;1H4;;/q+1;;;-1. The van der Waals surface area contributed by atoms with Gasteiger partial charge in [0.05, 0.1) is 28.2 Å². The van der Waals surface area contributed by atoms with Gasteiger partial charge in [-0.25, -0.2) is 14.5 Å². The molecule has 149 valence electrons. The average Bonchev–Trinajstić information content (AvgIpc) is 2.74. The van der Waals surface area contributed by atoms with Crippen molar-refractivity contribution in [3.8, 4) is 0 Å². The summed E-state index contributed by atoms with van der Waals surface area (Å²) in [5.41, 5.74) is 1.29. The minimum Gasteiger partial charge on any atom is 0 e. The van der Waals surface area contributed by atoms with Crippen molar-refractivity contribution in [2.45, 2.75) is 7.43 Å². The van der Waals surface area contributed by atoms with E-state index in [0.717, 1.165) is 0 Å². The van der Waals surface area contributed by atoms with Crippen LogP contribution in [0.4, 0.5) is 25.2 Å². The predicted molar refractivity (Wildman–Crippen MR) is 88.8 cm³/mol. The minimum atomic E-state index is -10.7. The summed E-state index contributed by atoms with van der Waals surface area (Å²) < 4.78 is 61.0. The molecular formula is C11H19AlF6N6OP. The third-order valence-electron chi connectivity index (χ3n) is 2.11. The van der Waals surface area contributed by atoms with Crippen molar-refractivity contribution in [3.63, 3.8) is 0 Å². The quantitative estimate of drug-likeness (QED) is 0.176. The van der Waals surface area contributed by atoms with Crippen molar-refractivity contribution in [1.29, 1.82) is 0 Å². The van der Waals surface area contributed by atoms with Crippen molar-refractivity contribution in [2.24, 2.45) is 0 Å². The minimum absolute atomic E-state index is 0. The Balaban J connectivity index is 0. The van der Waals surface area contributed by atoms with Crippen LogP contribution in [0.15, 0.2) is 18.3 Å². The Morgan fingerprint density at radius 2 is 1.65 bits per heavy atom. The molecule has 0 unspecified atom stereocenters. The average molecular weight is 423 g/mol. The molecule has 0 fully saturated rings. The Bertz CT molecular complexity index is 748. The van der Waals surface area contributed by atoms with Gasteiger partial charge in [0, 0.05) is 23.6 Å². The van der Waals surface area contributed by atoms with Gasteiger partial charge < -0.3 is 0 Å². The first-order valence-corrected chi connectivity index (χ1v) is 8.20. The van der Waals surface area contributed by atoms with E-state index >= 15 is 0 Å². The number of hydrogen-bond acceptors (Lipinski definition) is 4. The summed E-state index contributed by atoms with van der Waals surface area (Å²) in [5, 5.41) is 7.87. The first-order chi connectivity index (χ1) is 10.5. The maximum absolute atomic E-state index is 10.7. The summed E-state index contributed by atoms with van der Waals surface area (Å²) in [6.45, 7) is 0. The molecule has 0 aromatic carbocycles. The second-order valence-corrected chi connectivity index (χ2v) is 6.85. The van der Waals surface area contributed by atoms with Crippen LogP contribution < -0.4 is 4.84 Å². The maximum atomic E-state index is 9.87. The van der Waals surface area contributed by atoms with Crippen LogP contribution >= 0.6 is 7.81 Å². The number of fused-ring (bicyclic) bond motifs is 1. The fraction of sp³-hybridized carbons (Fsp3) is 0.455. The van der Waals surface area contributed by atoms with Crippen molar-refractivity contribution in [1.82, 2.24) is 25.0 Å². The van der Waals surface area contributed by atoms with Crippen LogP contribution in [0.1, 0.15) is 7.43 Å². The van der Waals surface area contributed by atoms with Crippen molar-refractivity contribution < 1.29 is 34.6 Å². The second-order valence-electron chi connectivity index (χ2n) is 4.93. The number of nitrogens with zero attached hydrogens (tertiary/aromatic N) is 6. The van der Waals surface area contributed by atoms with Crippen LogP contribution in [0, 0.1) is 0 Å². The van der Waals surface area contributed by atoms with Gasteiger partial charge in [-0.2, -0.15) is 0 Å². The number of hydrogen-bond donors (Lipinski definition) is 0. The molecule has 26 heavy (non-hydrogen) atoms. The van der Waals surface area contributed by atoms with E-state index in [-0.39, 0.29) is 24.8 Å². The fourth-order valence-corrected chi connectivity index (χ4v) is 1.45. The molecule has 2 aromatic rings. The summed E-state index contributed by atoms with van der Waals surface area (Å²) in [6.07, 6.45) is 1.68. The normalized spacial score (nSPS) is 13.0. The van der Waals surface area contributed by atoms with Gasteiger partial charge in [-0.05, 0) is 22.2 Å². The van der Waals surface area contributed by atoms with Crippen LogP contribution in [0.3, 0.4) is 0 Å². The first-order valence-electron chi connectivity index (χ1n) is 6.17. The summed E-state index contributed by atoms with van der Waals surface area (Å²) in [7, 11) is -3.09. The molecule has 0 aliphatic heterocycles. The molecule has 7 nitrogen and oxygen atoms in total. The molecule has 2 aromatic heterocycles. The summed E-state index contributed by atoms with van der Waals surface area (Å²) in [5.74, 6) is 0. The molecule has 0 atom stereocenters. The molecule has 15 heteroatoms. The Morgan fingerprint density at radius 1 is 1.15 bits per heavy atom. The van der Waals surface area contributed by atoms with Crippen LogP contribution in [-0.2, 0) is 0 Å². The molecule has 0 spiro atoms. The number of pyridine rings is 1. The number of aromatic nitrogens is 4.